The van der Waals surface area contributed by atoms with Crippen LogP contribution in [0.15, 0.2) is 40.1 Å². The largest absolute Gasteiger partial charge is 0.482 e. The SMILES string of the molecule is O=C(COc1ccc(Cl)cc1Cl)N/N=C/c1ccsc1. The van der Waals surface area contributed by atoms with Gasteiger partial charge in [-0.15, -0.1) is 0 Å². The van der Waals surface area contributed by atoms with Gasteiger partial charge in [-0.2, -0.15) is 16.4 Å². The number of nitrogens with zero attached hydrogens (tertiary/aromatic N) is 1. The zero-order chi connectivity index (χ0) is 14.4. The monoisotopic (exact) mass is 328 g/mol. The molecule has 1 amide bonds. The maximum Gasteiger partial charge on any atom is 0.277 e. The van der Waals surface area contributed by atoms with Crippen molar-refractivity contribution in [2.45, 2.75) is 0 Å². The highest BCUT2D eigenvalue weighted by Crippen LogP contribution is 2.27. The summed E-state index contributed by atoms with van der Waals surface area (Å²) in [5, 5.41) is 8.51. The predicted octanol–water partition coefficient (Wildman–Crippen LogP) is 3.58. The fourth-order valence-electron chi connectivity index (χ4n) is 1.30. The van der Waals surface area contributed by atoms with E-state index < -0.39 is 0 Å². The third-order valence-corrected chi connectivity index (χ3v) is 3.43. The van der Waals surface area contributed by atoms with E-state index in [1.165, 1.54) is 0 Å². The number of carbonyl (C=O) groups excluding carboxylic acids is 1. The lowest BCUT2D eigenvalue weighted by molar-refractivity contribution is -0.123. The second kappa shape index (κ2) is 7.28. The van der Waals surface area contributed by atoms with Gasteiger partial charge in [-0.05, 0) is 35.0 Å². The molecule has 0 bridgehead atoms. The second-order valence-electron chi connectivity index (χ2n) is 3.71. The zero-order valence-corrected chi connectivity index (χ0v) is 12.5. The zero-order valence-electron chi connectivity index (χ0n) is 10.2. The molecule has 0 aliphatic heterocycles. The van der Waals surface area contributed by atoms with Gasteiger partial charge in [0.25, 0.3) is 5.91 Å². The lowest BCUT2D eigenvalue weighted by Crippen LogP contribution is -2.24. The number of benzene rings is 1. The minimum Gasteiger partial charge on any atom is -0.482 e. The predicted molar refractivity (Wildman–Crippen MR) is 82.0 cm³/mol. The molecule has 0 spiro atoms. The van der Waals surface area contributed by atoms with Gasteiger partial charge in [0.15, 0.2) is 6.61 Å². The van der Waals surface area contributed by atoms with E-state index in [9.17, 15) is 4.79 Å². The lowest BCUT2D eigenvalue weighted by atomic mass is 10.3. The first-order chi connectivity index (χ1) is 9.65. The molecule has 104 valence electrons. The number of nitrogens with one attached hydrogen (secondary N) is 1. The Morgan fingerprint density at radius 3 is 2.95 bits per heavy atom. The summed E-state index contributed by atoms with van der Waals surface area (Å²) in [4.78, 5) is 11.5. The van der Waals surface area contributed by atoms with Gasteiger partial charge in [0.2, 0.25) is 0 Å². The van der Waals surface area contributed by atoms with E-state index in [0.29, 0.717) is 15.8 Å². The first-order valence-electron chi connectivity index (χ1n) is 5.57. The average molecular weight is 329 g/mol. The van der Waals surface area contributed by atoms with Crippen molar-refractivity contribution in [2.24, 2.45) is 5.10 Å². The number of carbonyl (C=O) groups is 1. The normalized spacial score (nSPS) is 10.7. The smallest absolute Gasteiger partial charge is 0.277 e. The highest BCUT2D eigenvalue weighted by atomic mass is 35.5. The molecular formula is C13H10Cl2N2O2S. The Hall–Kier alpha value is -1.56. The summed E-state index contributed by atoms with van der Waals surface area (Å²) in [5.41, 5.74) is 3.29. The highest BCUT2D eigenvalue weighted by Gasteiger charge is 2.05. The summed E-state index contributed by atoms with van der Waals surface area (Å²) in [5.74, 6) is 0.0236. The van der Waals surface area contributed by atoms with Gasteiger partial charge in [0, 0.05) is 10.6 Å². The minimum absolute atomic E-state index is 0.178. The number of hydrogen-bond donors (Lipinski definition) is 1. The van der Waals surface area contributed by atoms with Gasteiger partial charge in [0.1, 0.15) is 5.75 Å². The summed E-state index contributed by atoms with van der Waals surface area (Å²) in [6, 6.07) is 6.68. The van der Waals surface area contributed by atoms with Gasteiger partial charge in [-0.1, -0.05) is 23.2 Å². The number of thiophene rings is 1. The summed E-state index contributed by atoms with van der Waals surface area (Å²) < 4.78 is 5.27. The molecular weight excluding hydrogens is 319 g/mol. The van der Waals surface area contributed by atoms with Crippen molar-refractivity contribution >= 4 is 46.7 Å². The van der Waals surface area contributed by atoms with E-state index >= 15 is 0 Å². The lowest BCUT2D eigenvalue weighted by Gasteiger charge is -2.06. The molecule has 2 aromatic rings. The van der Waals surface area contributed by atoms with E-state index in [0.717, 1.165) is 5.56 Å². The third kappa shape index (κ3) is 4.52. The summed E-state index contributed by atoms with van der Waals surface area (Å²) >= 11 is 13.2. The molecule has 0 saturated heterocycles. The Labute approximate surface area is 130 Å². The topological polar surface area (TPSA) is 50.7 Å². The van der Waals surface area contributed by atoms with Crippen LogP contribution in [-0.4, -0.2) is 18.7 Å². The maximum absolute atomic E-state index is 11.5. The first-order valence-corrected chi connectivity index (χ1v) is 7.27. The van der Waals surface area contributed by atoms with Crippen LogP contribution in [0, 0.1) is 0 Å². The van der Waals surface area contributed by atoms with Crippen LogP contribution in [0.5, 0.6) is 5.75 Å². The molecule has 0 aliphatic carbocycles. The van der Waals surface area contributed by atoms with Gasteiger partial charge < -0.3 is 4.74 Å². The van der Waals surface area contributed by atoms with Crippen LogP contribution in [0.25, 0.3) is 0 Å². The van der Waals surface area contributed by atoms with E-state index in [-0.39, 0.29) is 12.5 Å². The van der Waals surface area contributed by atoms with Crippen molar-refractivity contribution in [2.75, 3.05) is 6.61 Å². The van der Waals surface area contributed by atoms with Crippen molar-refractivity contribution in [1.82, 2.24) is 5.43 Å². The Morgan fingerprint density at radius 1 is 1.40 bits per heavy atom. The van der Waals surface area contributed by atoms with Crippen molar-refractivity contribution in [3.8, 4) is 5.75 Å². The molecule has 0 saturated carbocycles. The van der Waals surface area contributed by atoms with Crippen molar-refractivity contribution < 1.29 is 9.53 Å². The molecule has 20 heavy (non-hydrogen) atoms. The van der Waals surface area contributed by atoms with Gasteiger partial charge in [-0.3, -0.25) is 4.79 Å². The molecule has 0 unspecified atom stereocenters. The number of ether oxygens (including phenoxy) is 1. The number of halogens is 2. The van der Waals surface area contributed by atoms with Crippen LogP contribution in [0.3, 0.4) is 0 Å². The molecule has 0 atom stereocenters. The van der Waals surface area contributed by atoms with Crippen LogP contribution in [0.2, 0.25) is 10.0 Å². The van der Waals surface area contributed by atoms with Gasteiger partial charge >= 0.3 is 0 Å². The molecule has 1 aromatic carbocycles. The molecule has 1 N–H and O–H groups in total. The van der Waals surface area contributed by atoms with Crippen molar-refractivity contribution in [3.05, 3.63) is 50.6 Å². The number of hydrogen-bond acceptors (Lipinski definition) is 4. The van der Waals surface area contributed by atoms with Crippen LogP contribution in [-0.2, 0) is 4.79 Å². The molecule has 7 heteroatoms. The molecule has 1 heterocycles. The molecule has 4 nitrogen and oxygen atoms in total. The van der Waals surface area contributed by atoms with Gasteiger partial charge in [0.05, 0.1) is 11.2 Å². The van der Waals surface area contributed by atoms with E-state index in [2.05, 4.69) is 10.5 Å². The fraction of sp³-hybridized carbons (Fsp3) is 0.0769. The number of hydrazone groups is 1. The van der Waals surface area contributed by atoms with Crippen LogP contribution < -0.4 is 10.2 Å². The van der Waals surface area contributed by atoms with E-state index in [1.54, 1.807) is 35.8 Å². The van der Waals surface area contributed by atoms with Crippen molar-refractivity contribution in [3.63, 3.8) is 0 Å². The number of rotatable bonds is 5. The molecule has 0 fully saturated rings. The van der Waals surface area contributed by atoms with Crippen LogP contribution in [0.1, 0.15) is 5.56 Å². The Balaban J connectivity index is 1.80. The Kier molecular flexibility index (Phi) is 5.40. The minimum atomic E-state index is -0.373. The fourth-order valence-corrected chi connectivity index (χ4v) is 2.37. The highest BCUT2D eigenvalue weighted by molar-refractivity contribution is 7.08. The quantitative estimate of drug-likeness (QED) is 0.673. The van der Waals surface area contributed by atoms with E-state index in [1.807, 2.05) is 16.8 Å². The number of amides is 1. The summed E-state index contributed by atoms with van der Waals surface area (Å²) in [7, 11) is 0. The van der Waals surface area contributed by atoms with Gasteiger partial charge in [-0.25, -0.2) is 5.43 Å². The molecule has 2 rings (SSSR count). The molecule has 0 aliphatic rings. The molecule has 1 aromatic heterocycles. The Bertz CT molecular complexity index is 615. The van der Waals surface area contributed by atoms with Crippen molar-refractivity contribution in [1.29, 1.82) is 0 Å². The standard InChI is InChI=1S/C13H10Cl2N2O2S/c14-10-1-2-12(11(15)5-10)19-7-13(18)17-16-6-9-3-4-20-8-9/h1-6,8H,7H2,(H,17,18)/b16-6+. The summed E-state index contributed by atoms with van der Waals surface area (Å²) in [6.45, 7) is -0.178. The van der Waals surface area contributed by atoms with Crippen LogP contribution >= 0.6 is 34.5 Å². The third-order valence-electron chi connectivity index (χ3n) is 2.20. The van der Waals surface area contributed by atoms with Crippen LogP contribution in [0.4, 0.5) is 0 Å². The van der Waals surface area contributed by atoms with E-state index in [4.69, 9.17) is 27.9 Å². The second-order valence-corrected chi connectivity index (χ2v) is 5.34. The summed E-state index contributed by atoms with van der Waals surface area (Å²) in [6.07, 6.45) is 1.56. The first kappa shape index (κ1) is 14.8. The Morgan fingerprint density at radius 2 is 2.25 bits per heavy atom. The average Bonchev–Trinajstić information content (AvgIpc) is 2.91. The molecule has 0 radical (unpaired) electrons. The maximum atomic E-state index is 11.5.